The monoisotopic (exact) mass is 199 g/mol. The second-order valence-corrected chi connectivity index (χ2v) is 3.94. The van der Waals surface area contributed by atoms with E-state index in [1.54, 1.807) is 7.11 Å². The molecule has 0 aromatic rings. The van der Waals surface area contributed by atoms with Gasteiger partial charge in [-0.05, 0) is 19.4 Å². The summed E-state index contributed by atoms with van der Waals surface area (Å²) in [4.78, 5) is 13.4. The van der Waals surface area contributed by atoms with Gasteiger partial charge in [0, 0.05) is 33.0 Å². The molecule has 82 valence electrons. The fourth-order valence-corrected chi connectivity index (χ4v) is 1.87. The van der Waals surface area contributed by atoms with Gasteiger partial charge in [-0.25, -0.2) is 0 Å². The Balaban J connectivity index is 2.05. The third-order valence-electron chi connectivity index (χ3n) is 2.89. The number of ether oxygens (including phenoxy) is 1. The first kappa shape index (κ1) is 11.7. The van der Waals surface area contributed by atoms with Crippen LogP contribution in [0.25, 0.3) is 0 Å². The van der Waals surface area contributed by atoms with Gasteiger partial charge in [-0.1, -0.05) is 6.92 Å². The van der Waals surface area contributed by atoms with Crippen LogP contribution in [0.3, 0.4) is 0 Å². The zero-order chi connectivity index (χ0) is 10.4. The molecular formula is C11H21NO2. The zero-order valence-corrected chi connectivity index (χ0v) is 9.29. The Morgan fingerprint density at radius 2 is 2.36 bits per heavy atom. The van der Waals surface area contributed by atoms with Crippen molar-refractivity contribution in [1.82, 2.24) is 4.90 Å². The number of carbonyl (C=O) groups is 1. The predicted octanol–water partition coefficient (Wildman–Crippen LogP) is 1.47. The highest BCUT2D eigenvalue weighted by Gasteiger charge is 2.21. The van der Waals surface area contributed by atoms with Gasteiger partial charge in [0.1, 0.15) is 5.78 Å². The maximum atomic E-state index is 11.1. The molecule has 1 rings (SSSR count). The van der Waals surface area contributed by atoms with Crippen LogP contribution in [-0.2, 0) is 9.53 Å². The van der Waals surface area contributed by atoms with Gasteiger partial charge >= 0.3 is 0 Å². The van der Waals surface area contributed by atoms with E-state index in [1.807, 2.05) is 6.92 Å². The van der Waals surface area contributed by atoms with Crippen molar-refractivity contribution < 1.29 is 9.53 Å². The van der Waals surface area contributed by atoms with Crippen molar-refractivity contribution in [3.63, 3.8) is 0 Å². The van der Waals surface area contributed by atoms with Crippen LogP contribution in [0.1, 0.15) is 32.6 Å². The number of methoxy groups -OCH3 is 1. The number of hydrogen-bond acceptors (Lipinski definition) is 3. The van der Waals surface area contributed by atoms with Crippen LogP contribution in [0.4, 0.5) is 0 Å². The number of rotatable bonds is 6. The van der Waals surface area contributed by atoms with Crippen LogP contribution in [0.5, 0.6) is 0 Å². The number of Topliss-reactive ketones (excluding diaryl/α,β-unsaturated/α-hetero) is 1. The van der Waals surface area contributed by atoms with E-state index in [1.165, 1.54) is 0 Å². The van der Waals surface area contributed by atoms with Crippen molar-refractivity contribution in [3.8, 4) is 0 Å². The molecule has 1 unspecified atom stereocenters. The summed E-state index contributed by atoms with van der Waals surface area (Å²) in [7, 11) is 1.77. The van der Waals surface area contributed by atoms with E-state index in [9.17, 15) is 4.79 Å². The highest BCUT2D eigenvalue weighted by molar-refractivity contribution is 5.77. The van der Waals surface area contributed by atoms with Crippen molar-refractivity contribution in [1.29, 1.82) is 0 Å². The fraction of sp³-hybridized carbons (Fsp3) is 0.909. The average Bonchev–Trinajstić information content (AvgIpc) is 2.65. The molecule has 1 fully saturated rings. The van der Waals surface area contributed by atoms with Gasteiger partial charge in [0.15, 0.2) is 0 Å². The summed E-state index contributed by atoms with van der Waals surface area (Å²) in [5.41, 5.74) is 0. The lowest BCUT2D eigenvalue weighted by molar-refractivity contribution is -0.118. The highest BCUT2D eigenvalue weighted by atomic mass is 16.5. The first-order chi connectivity index (χ1) is 6.76. The van der Waals surface area contributed by atoms with Gasteiger partial charge in [0.25, 0.3) is 0 Å². The Bertz CT molecular complexity index is 182. The Hall–Kier alpha value is -0.410. The lowest BCUT2D eigenvalue weighted by Crippen LogP contribution is -2.24. The van der Waals surface area contributed by atoms with Crippen LogP contribution in [-0.4, -0.2) is 43.5 Å². The highest BCUT2D eigenvalue weighted by Crippen LogP contribution is 2.12. The first-order valence-corrected chi connectivity index (χ1v) is 5.53. The average molecular weight is 199 g/mol. The second kappa shape index (κ2) is 6.14. The van der Waals surface area contributed by atoms with Crippen molar-refractivity contribution in [2.24, 2.45) is 0 Å². The molecule has 1 atom stereocenters. The Labute approximate surface area is 86.4 Å². The first-order valence-electron chi connectivity index (χ1n) is 5.53. The van der Waals surface area contributed by atoms with E-state index < -0.39 is 0 Å². The SMILES string of the molecule is CCC(=O)CCCN1CCC(OC)C1. The summed E-state index contributed by atoms with van der Waals surface area (Å²) in [5, 5.41) is 0. The van der Waals surface area contributed by atoms with Crippen molar-refractivity contribution >= 4 is 5.78 Å². The van der Waals surface area contributed by atoms with Crippen molar-refractivity contribution in [3.05, 3.63) is 0 Å². The maximum Gasteiger partial charge on any atom is 0.132 e. The quantitative estimate of drug-likeness (QED) is 0.648. The molecule has 1 saturated heterocycles. The van der Waals surface area contributed by atoms with Crippen LogP contribution >= 0.6 is 0 Å². The minimum Gasteiger partial charge on any atom is -0.380 e. The molecule has 14 heavy (non-hydrogen) atoms. The number of likely N-dealkylation sites (tertiary alicyclic amines) is 1. The molecule has 3 heteroatoms. The molecule has 1 aliphatic rings. The van der Waals surface area contributed by atoms with Crippen molar-refractivity contribution in [2.75, 3.05) is 26.7 Å². The Morgan fingerprint density at radius 3 is 2.93 bits per heavy atom. The summed E-state index contributed by atoms with van der Waals surface area (Å²) >= 11 is 0. The molecule has 0 N–H and O–H groups in total. The van der Waals surface area contributed by atoms with Gasteiger partial charge in [0.05, 0.1) is 6.10 Å². The summed E-state index contributed by atoms with van der Waals surface area (Å²) in [6.45, 7) is 5.14. The number of hydrogen-bond donors (Lipinski definition) is 0. The van der Waals surface area contributed by atoms with Crippen LogP contribution in [0, 0.1) is 0 Å². The van der Waals surface area contributed by atoms with E-state index in [-0.39, 0.29) is 0 Å². The third-order valence-corrected chi connectivity index (χ3v) is 2.89. The smallest absolute Gasteiger partial charge is 0.132 e. The number of ketones is 1. The second-order valence-electron chi connectivity index (χ2n) is 3.94. The third kappa shape index (κ3) is 3.76. The molecule has 1 aliphatic heterocycles. The van der Waals surface area contributed by atoms with E-state index >= 15 is 0 Å². The number of carbonyl (C=O) groups excluding carboxylic acids is 1. The molecule has 0 saturated carbocycles. The lowest BCUT2D eigenvalue weighted by atomic mass is 10.2. The predicted molar refractivity (Wildman–Crippen MR) is 56.4 cm³/mol. The molecule has 0 amide bonds. The van der Waals surface area contributed by atoms with E-state index in [0.717, 1.165) is 38.9 Å². The molecule has 0 radical (unpaired) electrons. The molecule has 0 spiro atoms. The molecule has 0 bridgehead atoms. The molecule has 0 aliphatic carbocycles. The molecule has 0 aromatic carbocycles. The minimum atomic E-state index is 0.382. The van der Waals surface area contributed by atoms with Gasteiger partial charge in [-0.3, -0.25) is 4.79 Å². The number of nitrogens with zero attached hydrogens (tertiary/aromatic N) is 1. The Kier molecular flexibility index (Phi) is 5.12. The summed E-state index contributed by atoms with van der Waals surface area (Å²) in [5.74, 6) is 0.382. The molecule has 0 aromatic heterocycles. The normalized spacial score (nSPS) is 22.9. The fourth-order valence-electron chi connectivity index (χ4n) is 1.87. The maximum absolute atomic E-state index is 11.1. The van der Waals surface area contributed by atoms with Gasteiger partial charge in [-0.15, -0.1) is 0 Å². The van der Waals surface area contributed by atoms with Gasteiger partial charge in [0.2, 0.25) is 0 Å². The zero-order valence-electron chi connectivity index (χ0n) is 9.29. The summed E-state index contributed by atoms with van der Waals surface area (Å²) < 4.78 is 5.28. The van der Waals surface area contributed by atoms with Crippen LogP contribution in [0.2, 0.25) is 0 Å². The van der Waals surface area contributed by atoms with Gasteiger partial charge in [-0.2, -0.15) is 0 Å². The summed E-state index contributed by atoms with van der Waals surface area (Å²) in [6, 6.07) is 0. The van der Waals surface area contributed by atoms with Gasteiger partial charge < -0.3 is 9.64 Å². The summed E-state index contributed by atoms with van der Waals surface area (Å²) in [6.07, 6.45) is 3.98. The van der Waals surface area contributed by atoms with E-state index in [4.69, 9.17) is 4.74 Å². The van der Waals surface area contributed by atoms with Crippen LogP contribution < -0.4 is 0 Å². The lowest BCUT2D eigenvalue weighted by Gasteiger charge is -2.14. The molecule has 3 nitrogen and oxygen atoms in total. The van der Waals surface area contributed by atoms with Crippen molar-refractivity contribution in [2.45, 2.75) is 38.7 Å². The minimum absolute atomic E-state index is 0.382. The molecule has 1 heterocycles. The largest absolute Gasteiger partial charge is 0.380 e. The van der Waals surface area contributed by atoms with Crippen LogP contribution in [0.15, 0.2) is 0 Å². The van der Waals surface area contributed by atoms with E-state index in [2.05, 4.69) is 4.90 Å². The topological polar surface area (TPSA) is 29.5 Å². The standard InChI is InChI=1S/C11H21NO2/c1-3-10(13)5-4-7-12-8-6-11(9-12)14-2/h11H,3-9H2,1-2H3. The molecular weight excluding hydrogens is 178 g/mol. The van der Waals surface area contributed by atoms with E-state index in [0.29, 0.717) is 18.3 Å². The Morgan fingerprint density at radius 1 is 1.57 bits per heavy atom.